The van der Waals surface area contributed by atoms with E-state index in [9.17, 15) is 14.4 Å². The molecule has 1 aliphatic heterocycles. The van der Waals surface area contributed by atoms with Crippen LogP contribution in [-0.2, 0) is 9.63 Å². The van der Waals surface area contributed by atoms with Crippen LogP contribution in [-0.4, -0.2) is 28.5 Å². The molecule has 1 heterocycles. The highest BCUT2D eigenvalue weighted by Crippen LogP contribution is 2.63. The molecule has 0 saturated heterocycles. The molecule has 130 valence electrons. The Kier molecular flexibility index (Phi) is 2.82. The number of imide groups is 1. The predicted molar refractivity (Wildman–Crippen MR) is 84.0 cm³/mol. The molecule has 1 aromatic rings. The molecule has 6 heteroatoms. The first-order valence-electron chi connectivity index (χ1n) is 8.78. The molecule has 25 heavy (non-hydrogen) atoms. The third-order valence-corrected chi connectivity index (χ3v) is 6.35. The van der Waals surface area contributed by atoms with E-state index in [2.05, 4.69) is 0 Å². The number of carbonyl (C=O) groups excluding carboxylic acids is 3. The van der Waals surface area contributed by atoms with E-state index in [1.54, 1.807) is 12.1 Å². The number of hydrogen-bond donors (Lipinski definition) is 0. The lowest BCUT2D eigenvalue weighted by atomic mass is 9.48. The van der Waals surface area contributed by atoms with Gasteiger partial charge in [-0.05, 0) is 62.5 Å². The van der Waals surface area contributed by atoms with Crippen molar-refractivity contribution in [3.63, 3.8) is 0 Å². The van der Waals surface area contributed by atoms with E-state index in [4.69, 9.17) is 4.84 Å². The van der Waals surface area contributed by atoms with Crippen molar-refractivity contribution in [3.8, 4) is 0 Å². The number of hydroxylamine groups is 2. The summed E-state index contributed by atoms with van der Waals surface area (Å²) in [6.07, 6.45) is 3.34. The molecule has 1 aromatic carbocycles. The van der Waals surface area contributed by atoms with Crippen molar-refractivity contribution in [1.82, 2.24) is 5.06 Å². The lowest BCUT2D eigenvalue weighted by Gasteiger charge is -2.57. The summed E-state index contributed by atoms with van der Waals surface area (Å²) in [6, 6.07) is 6.37. The third-order valence-electron chi connectivity index (χ3n) is 6.35. The zero-order valence-electron chi connectivity index (χ0n) is 13.7. The highest BCUT2D eigenvalue weighted by molar-refractivity contribution is 6.20. The van der Waals surface area contributed by atoms with Gasteiger partial charge in [0.2, 0.25) is 0 Å². The fraction of sp³-hybridized carbons (Fsp3) is 0.526. The minimum atomic E-state index is -1.30. The van der Waals surface area contributed by atoms with Gasteiger partial charge in [-0.3, -0.25) is 9.59 Å². The quantitative estimate of drug-likeness (QED) is 0.774. The number of nitrogens with zero attached hydrogens (tertiary/aromatic N) is 1. The number of rotatable bonds is 2. The summed E-state index contributed by atoms with van der Waals surface area (Å²) < 4.78 is 15.0. The zero-order valence-corrected chi connectivity index (χ0v) is 13.7. The Morgan fingerprint density at radius 1 is 1.04 bits per heavy atom. The van der Waals surface area contributed by atoms with Crippen LogP contribution in [0.3, 0.4) is 0 Å². The highest BCUT2D eigenvalue weighted by atomic mass is 19.1. The summed E-state index contributed by atoms with van der Waals surface area (Å²) in [5.41, 5.74) is -1.74. The molecular weight excluding hydrogens is 325 g/mol. The molecule has 5 aliphatic rings. The van der Waals surface area contributed by atoms with E-state index < -0.39 is 28.9 Å². The van der Waals surface area contributed by atoms with Crippen LogP contribution >= 0.6 is 0 Å². The maximum atomic E-state index is 15.0. The van der Waals surface area contributed by atoms with Gasteiger partial charge in [-0.25, -0.2) is 9.18 Å². The van der Waals surface area contributed by atoms with Crippen LogP contribution < -0.4 is 0 Å². The highest BCUT2D eigenvalue weighted by Gasteiger charge is 2.62. The number of fused-ring (bicyclic) bond motifs is 1. The molecule has 0 N–H and O–H groups in total. The maximum absolute atomic E-state index is 15.0. The number of benzene rings is 1. The third kappa shape index (κ3) is 2.03. The Morgan fingerprint density at radius 2 is 1.60 bits per heavy atom. The first kappa shape index (κ1) is 15.0. The first-order valence-corrected chi connectivity index (χ1v) is 8.78. The normalized spacial score (nSPS) is 38.2. The number of alkyl halides is 1. The monoisotopic (exact) mass is 343 g/mol. The van der Waals surface area contributed by atoms with Gasteiger partial charge in [-0.15, -0.1) is 0 Å². The number of halogens is 1. The van der Waals surface area contributed by atoms with E-state index in [0.29, 0.717) is 30.7 Å². The van der Waals surface area contributed by atoms with Crippen LogP contribution in [0.5, 0.6) is 0 Å². The van der Waals surface area contributed by atoms with Gasteiger partial charge in [-0.2, -0.15) is 0 Å². The average molecular weight is 343 g/mol. The van der Waals surface area contributed by atoms with Gasteiger partial charge in [0.15, 0.2) is 0 Å². The van der Waals surface area contributed by atoms with Crippen LogP contribution in [0.25, 0.3) is 0 Å². The van der Waals surface area contributed by atoms with Gasteiger partial charge in [-0.1, -0.05) is 17.2 Å². The standard InChI is InChI=1S/C19H18FNO4/c20-19-8-11-5-12(9-19)7-18(6-11,10-19)17(24)25-21-15(22)13-3-1-2-4-14(13)16(21)23/h1-4,11-12H,5-10H2. The van der Waals surface area contributed by atoms with Crippen LogP contribution in [0.4, 0.5) is 4.39 Å². The van der Waals surface area contributed by atoms with Gasteiger partial charge in [0.1, 0.15) is 5.67 Å². The van der Waals surface area contributed by atoms with Gasteiger partial charge in [0.25, 0.3) is 11.8 Å². The lowest BCUT2D eigenvalue weighted by molar-refractivity contribution is -0.204. The maximum Gasteiger partial charge on any atom is 0.339 e. The molecule has 4 aliphatic carbocycles. The second-order valence-electron chi connectivity index (χ2n) is 8.22. The molecule has 4 saturated carbocycles. The molecule has 0 aromatic heterocycles. The largest absolute Gasteiger partial charge is 0.339 e. The summed E-state index contributed by atoms with van der Waals surface area (Å²) in [5, 5.41) is 0.552. The summed E-state index contributed by atoms with van der Waals surface area (Å²) in [5.74, 6) is -1.50. The van der Waals surface area contributed by atoms with Crippen molar-refractivity contribution >= 4 is 17.8 Å². The smallest absolute Gasteiger partial charge is 0.329 e. The van der Waals surface area contributed by atoms with Crippen LogP contribution in [0.15, 0.2) is 24.3 Å². The van der Waals surface area contributed by atoms with Gasteiger partial charge in [0, 0.05) is 0 Å². The van der Waals surface area contributed by atoms with Crippen molar-refractivity contribution in [1.29, 1.82) is 0 Å². The molecule has 0 radical (unpaired) electrons. The summed E-state index contributed by atoms with van der Waals surface area (Å²) in [6.45, 7) is 0. The Morgan fingerprint density at radius 3 is 2.12 bits per heavy atom. The van der Waals surface area contributed by atoms with Gasteiger partial charge >= 0.3 is 5.97 Å². The Bertz CT molecular complexity index is 770. The van der Waals surface area contributed by atoms with Crippen molar-refractivity contribution in [2.24, 2.45) is 17.3 Å². The minimum absolute atomic E-state index is 0.148. The molecule has 6 rings (SSSR count). The van der Waals surface area contributed by atoms with Crippen molar-refractivity contribution in [3.05, 3.63) is 35.4 Å². The number of hydrogen-bond acceptors (Lipinski definition) is 4. The number of amides is 2. The first-order chi connectivity index (χ1) is 11.9. The van der Waals surface area contributed by atoms with Crippen LogP contribution in [0.2, 0.25) is 0 Å². The topological polar surface area (TPSA) is 63.7 Å². The summed E-state index contributed by atoms with van der Waals surface area (Å²) in [4.78, 5) is 43.0. The van der Waals surface area contributed by atoms with E-state index in [-0.39, 0.29) is 29.4 Å². The average Bonchev–Trinajstić information content (AvgIpc) is 2.78. The Hall–Kier alpha value is -2.24. The van der Waals surface area contributed by atoms with Crippen molar-refractivity contribution < 1.29 is 23.6 Å². The Labute approximate surface area is 144 Å². The van der Waals surface area contributed by atoms with E-state index in [1.807, 2.05) is 0 Å². The van der Waals surface area contributed by atoms with Crippen LogP contribution in [0.1, 0.15) is 59.2 Å². The van der Waals surface area contributed by atoms with E-state index >= 15 is 4.39 Å². The second kappa shape index (κ2) is 4.68. The molecule has 4 bridgehead atoms. The Balaban J connectivity index is 1.42. The summed E-state index contributed by atoms with van der Waals surface area (Å²) in [7, 11) is 0. The molecular formula is C19H18FNO4. The fourth-order valence-corrected chi connectivity index (χ4v) is 5.82. The van der Waals surface area contributed by atoms with Crippen molar-refractivity contribution in [2.45, 2.75) is 44.2 Å². The predicted octanol–water partition coefficient (Wildman–Crippen LogP) is 3.05. The number of carbonyl (C=O) groups is 3. The van der Waals surface area contributed by atoms with Gasteiger partial charge < -0.3 is 4.84 Å². The minimum Gasteiger partial charge on any atom is -0.329 e. The zero-order chi connectivity index (χ0) is 17.4. The van der Waals surface area contributed by atoms with Gasteiger partial charge in [0.05, 0.1) is 16.5 Å². The summed E-state index contributed by atoms with van der Waals surface area (Å²) >= 11 is 0. The SMILES string of the molecule is O=C1c2ccccc2C(=O)N1OC(=O)C12CC3CC(CC(F)(C3)C1)C2. The van der Waals surface area contributed by atoms with Crippen molar-refractivity contribution in [2.75, 3.05) is 0 Å². The van der Waals surface area contributed by atoms with E-state index in [0.717, 1.165) is 6.42 Å². The molecule has 0 spiro atoms. The molecule has 2 atom stereocenters. The van der Waals surface area contributed by atoms with E-state index in [1.165, 1.54) is 12.1 Å². The lowest BCUT2D eigenvalue weighted by Crippen LogP contribution is -2.57. The molecule has 4 fully saturated rings. The second-order valence-corrected chi connectivity index (χ2v) is 8.22. The molecule has 2 amide bonds. The van der Waals surface area contributed by atoms with Crippen LogP contribution in [0, 0.1) is 17.3 Å². The fourth-order valence-electron chi connectivity index (χ4n) is 5.82. The molecule has 2 unspecified atom stereocenters. The molecule has 5 nitrogen and oxygen atoms in total.